The first-order valence-corrected chi connectivity index (χ1v) is 12.3. The average molecular weight is 474 g/mol. The molecule has 182 valence electrons. The Labute approximate surface area is 206 Å². The van der Waals surface area contributed by atoms with Crippen molar-refractivity contribution >= 4 is 11.8 Å². The third-order valence-electron chi connectivity index (χ3n) is 6.38. The van der Waals surface area contributed by atoms with Gasteiger partial charge < -0.3 is 16.0 Å². The Kier molecular flexibility index (Phi) is 8.63. The van der Waals surface area contributed by atoms with E-state index in [1.165, 1.54) is 29.8 Å². The fourth-order valence-electron chi connectivity index (χ4n) is 4.27. The monoisotopic (exact) mass is 473 g/mol. The standard InChI is InChI=1S/C29H32FN3O2/c30-24-16-14-23(15-17-24)28(34)33-26(29(35)32-20-21-9-3-1-4-10-21)13-7-8-18-31-27-19-25(27)22-11-5-2-6-12-22/h1-6,9-12,14-17,25-27,31H,7-8,13,18-20H2,(H,32,35)(H,33,34)/t25?,26-,27?/m0/s1. The van der Waals surface area contributed by atoms with Crippen LogP contribution in [0.5, 0.6) is 0 Å². The van der Waals surface area contributed by atoms with Gasteiger partial charge >= 0.3 is 0 Å². The molecule has 0 aromatic heterocycles. The molecule has 1 saturated carbocycles. The first kappa shape index (κ1) is 24.6. The van der Waals surface area contributed by atoms with Crippen molar-refractivity contribution in [2.24, 2.45) is 0 Å². The molecule has 35 heavy (non-hydrogen) atoms. The Balaban J connectivity index is 1.25. The summed E-state index contributed by atoms with van der Waals surface area (Å²) >= 11 is 0. The van der Waals surface area contributed by atoms with Crippen molar-refractivity contribution < 1.29 is 14.0 Å². The van der Waals surface area contributed by atoms with Crippen LogP contribution in [0.4, 0.5) is 4.39 Å². The molecular weight excluding hydrogens is 441 g/mol. The molecule has 4 rings (SSSR count). The number of nitrogens with one attached hydrogen (secondary N) is 3. The maximum atomic E-state index is 13.2. The molecular formula is C29H32FN3O2. The van der Waals surface area contributed by atoms with Gasteiger partial charge in [-0.05, 0) is 67.6 Å². The predicted octanol–water partition coefficient (Wildman–Crippen LogP) is 4.56. The zero-order valence-corrected chi connectivity index (χ0v) is 19.8. The molecule has 0 radical (unpaired) electrons. The van der Waals surface area contributed by atoms with Crippen molar-refractivity contribution in [1.29, 1.82) is 0 Å². The van der Waals surface area contributed by atoms with Crippen LogP contribution >= 0.6 is 0 Å². The topological polar surface area (TPSA) is 70.2 Å². The molecule has 2 unspecified atom stereocenters. The van der Waals surface area contributed by atoms with E-state index in [1.807, 2.05) is 36.4 Å². The third-order valence-corrected chi connectivity index (χ3v) is 6.38. The summed E-state index contributed by atoms with van der Waals surface area (Å²) in [6.07, 6.45) is 3.39. The molecule has 3 N–H and O–H groups in total. The van der Waals surface area contributed by atoms with Gasteiger partial charge in [0.2, 0.25) is 5.91 Å². The van der Waals surface area contributed by atoms with Gasteiger partial charge in [0, 0.05) is 24.1 Å². The maximum absolute atomic E-state index is 13.2. The van der Waals surface area contributed by atoms with Crippen LogP contribution in [0.1, 0.15) is 53.1 Å². The van der Waals surface area contributed by atoms with E-state index in [4.69, 9.17) is 0 Å². The van der Waals surface area contributed by atoms with Gasteiger partial charge in [-0.15, -0.1) is 0 Å². The molecule has 3 atom stereocenters. The van der Waals surface area contributed by atoms with Gasteiger partial charge in [0.1, 0.15) is 11.9 Å². The van der Waals surface area contributed by atoms with Gasteiger partial charge in [-0.2, -0.15) is 0 Å². The number of hydrogen-bond acceptors (Lipinski definition) is 3. The first-order chi connectivity index (χ1) is 17.1. The Morgan fingerprint density at radius 2 is 1.57 bits per heavy atom. The van der Waals surface area contributed by atoms with E-state index in [-0.39, 0.29) is 11.8 Å². The van der Waals surface area contributed by atoms with Gasteiger partial charge in [-0.1, -0.05) is 60.7 Å². The fourth-order valence-corrected chi connectivity index (χ4v) is 4.27. The Bertz CT molecular complexity index is 1090. The number of halogens is 1. The fraction of sp³-hybridized carbons (Fsp3) is 0.310. The molecule has 3 aromatic rings. The van der Waals surface area contributed by atoms with Crippen molar-refractivity contribution in [3.05, 3.63) is 107 Å². The van der Waals surface area contributed by atoms with Crippen LogP contribution in [-0.4, -0.2) is 30.4 Å². The number of carbonyl (C=O) groups is 2. The molecule has 0 bridgehead atoms. The van der Waals surface area contributed by atoms with Crippen LogP contribution in [0.25, 0.3) is 0 Å². The second kappa shape index (κ2) is 12.3. The highest BCUT2D eigenvalue weighted by Crippen LogP contribution is 2.40. The van der Waals surface area contributed by atoms with Crippen molar-refractivity contribution in [2.45, 2.75) is 50.2 Å². The van der Waals surface area contributed by atoms with E-state index < -0.39 is 11.9 Å². The molecule has 1 aliphatic rings. The number of unbranched alkanes of at least 4 members (excludes halogenated alkanes) is 1. The van der Waals surface area contributed by atoms with Gasteiger partial charge in [-0.3, -0.25) is 9.59 Å². The second-order valence-corrected chi connectivity index (χ2v) is 9.05. The van der Waals surface area contributed by atoms with Gasteiger partial charge in [0.25, 0.3) is 5.91 Å². The Morgan fingerprint density at radius 3 is 2.29 bits per heavy atom. The molecule has 6 heteroatoms. The van der Waals surface area contributed by atoms with Crippen LogP contribution in [0.15, 0.2) is 84.9 Å². The maximum Gasteiger partial charge on any atom is 0.251 e. The Morgan fingerprint density at radius 1 is 0.886 bits per heavy atom. The molecule has 0 heterocycles. The van der Waals surface area contributed by atoms with E-state index >= 15 is 0 Å². The number of amides is 2. The van der Waals surface area contributed by atoms with Crippen LogP contribution < -0.4 is 16.0 Å². The zero-order chi connectivity index (χ0) is 24.5. The summed E-state index contributed by atoms with van der Waals surface area (Å²) < 4.78 is 13.2. The molecule has 5 nitrogen and oxygen atoms in total. The minimum absolute atomic E-state index is 0.219. The molecule has 0 saturated heterocycles. The quantitative estimate of drug-likeness (QED) is 0.338. The summed E-state index contributed by atoms with van der Waals surface area (Å²) in [5.41, 5.74) is 2.70. The van der Waals surface area contributed by atoms with E-state index in [9.17, 15) is 14.0 Å². The van der Waals surface area contributed by atoms with Gasteiger partial charge in [-0.25, -0.2) is 4.39 Å². The molecule has 2 amide bonds. The molecule has 1 fully saturated rings. The summed E-state index contributed by atoms with van der Waals surface area (Å²) in [6, 6.07) is 25.4. The predicted molar refractivity (Wildman–Crippen MR) is 135 cm³/mol. The summed E-state index contributed by atoms with van der Waals surface area (Å²) in [4.78, 5) is 25.6. The van der Waals surface area contributed by atoms with Gasteiger partial charge in [0.15, 0.2) is 0 Å². The lowest BCUT2D eigenvalue weighted by atomic mass is 10.1. The van der Waals surface area contributed by atoms with E-state index in [2.05, 4.69) is 40.2 Å². The van der Waals surface area contributed by atoms with E-state index in [1.54, 1.807) is 0 Å². The van der Waals surface area contributed by atoms with Gasteiger partial charge in [0.05, 0.1) is 0 Å². The van der Waals surface area contributed by atoms with Crippen molar-refractivity contribution in [3.63, 3.8) is 0 Å². The van der Waals surface area contributed by atoms with E-state index in [0.29, 0.717) is 30.5 Å². The smallest absolute Gasteiger partial charge is 0.251 e. The lowest BCUT2D eigenvalue weighted by Gasteiger charge is -2.19. The second-order valence-electron chi connectivity index (χ2n) is 9.05. The van der Waals surface area contributed by atoms with Crippen molar-refractivity contribution in [3.8, 4) is 0 Å². The van der Waals surface area contributed by atoms with Crippen molar-refractivity contribution in [1.82, 2.24) is 16.0 Å². The summed E-state index contributed by atoms with van der Waals surface area (Å²) in [6.45, 7) is 1.27. The normalized spacial score (nSPS) is 17.4. The summed E-state index contributed by atoms with van der Waals surface area (Å²) in [5.74, 6) is -0.422. The third kappa shape index (κ3) is 7.49. The minimum Gasteiger partial charge on any atom is -0.350 e. The lowest BCUT2D eigenvalue weighted by molar-refractivity contribution is -0.123. The van der Waals surface area contributed by atoms with E-state index in [0.717, 1.165) is 31.4 Å². The summed E-state index contributed by atoms with van der Waals surface area (Å²) in [5, 5.41) is 9.37. The highest BCUT2D eigenvalue weighted by atomic mass is 19.1. The van der Waals surface area contributed by atoms with Crippen LogP contribution in [0.2, 0.25) is 0 Å². The average Bonchev–Trinajstić information content (AvgIpc) is 3.67. The molecule has 3 aromatic carbocycles. The molecule has 0 aliphatic heterocycles. The number of rotatable bonds is 12. The highest BCUT2D eigenvalue weighted by Gasteiger charge is 2.37. The number of benzene rings is 3. The van der Waals surface area contributed by atoms with Crippen LogP contribution in [0, 0.1) is 5.82 Å². The molecule has 1 aliphatic carbocycles. The summed E-state index contributed by atoms with van der Waals surface area (Å²) in [7, 11) is 0. The number of hydrogen-bond donors (Lipinski definition) is 3. The van der Waals surface area contributed by atoms with Crippen LogP contribution in [0.3, 0.4) is 0 Å². The van der Waals surface area contributed by atoms with Crippen molar-refractivity contribution in [2.75, 3.05) is 6.54 Å². The minimum atomic E-state index is -0.658. The zero-order valence-electron chi connectivity index (χ0n) is 19.8. The highest BCUT2D eigenvalue weighted by molar-refractivity contribution is 5.97. The largest absolute Gasteiger partial charge is 0.350 e. The molecule has 0 spiro atoms. The van der Waals surface area contributed by atoms with Crippen LogP contribution in [-0.2, 0) is 11.3 Å². The Hall–Kier alpha value is -3.51. The SMILES string of the molecule is O=C(N[C@@H](CCCCNC1CC1c1ccccc1)C(=O)NCc1ccccc1)c1ccc(F)cc1. The first-order valence-electron chi connectivity index (χ1n) is 12.3. The lowest BCUT2D eigenvalue weighted by Crippen LogP contribution is -2.46. The number of carbonyl (C=O) groups excluding carboxylic acids is 2.